The van der Waals surface area contributed by atoms with E-state index in [1.165, 1.54) is 16.5 Å². The van der Waals surface area contributed by atoms with Crippen molar-refractivity contribution in [1.29, 1.82) is 0 Å². The second kappa shape index (κ2) is 6.87. The summed E-state index contributed by atoms with van der Waals surface area (Å²) < 4.78 is 5.59. The second-order valence-electron chi connectivity index (χ2n) is 8.46. The maximum atomic E-state index is 12.4. The first-order chi connectivity index (χ1) is 14.8. The fourth-order valence-electron chi connectivity index (χ4n) is 5.19. The molecule has 4 aromatic rings. The number of nitrogens with one attached hydrogen (secondary N) is 1. The van der Waals surface area contributed by atoms with Crippen molar-refractivity contribution < 1.29 is 9.21 Å². The largest absolute Gasteiger partial charge is 0.449 e. The summed E-state index contributed by atoms with van der Waals surface area (Å²) in [6.07, 6.45) is 4.37. The van der Waals surface area contributed by atoms with Crippen LogP contribution >= 0.6 is 0 Å². The van der Waals surface area contributed by atoms with Crippen LogP contribution in [0.5, 0.6) is 0 Å². The highest BCUT2D eigenvalue weighted by Gasteiger charge is 2.55. The van der Waals surface area contributed by atoms with Crippen molar-refractivity contribution in [1.82, 2.24) is 10.3 Å². The molecule has 1 unspecified atom stereocenters. The van der Waals surface area contributed by atoms with Crippen molar-refractivity contribution in [3.8, 4) is 0 Å². The number of amides is 1. The van der Waals surface area contributed by atoms with E-state index in [2.05, 4.69) is 57.7 Å². The van der Waals surface area contributed by atoms with E-state index >= 15 is 0 Å². The molecule has 2 aromatic heterocycles. The summed E-state index contributed by atoms with van der Waals surface area (Å²) in [6, 6.07) is 18.8. The van der Waals surface area contributed by atoms with Crippen LogP contribution in [0.4, 0.5) is 5.69 Å². The number of pyridine rings is 1. The highest BCUT2D eigenvalue weighted by atomic mass is 16.3. The molecular formula is C25H23N3O2. The van der Waals surface area contributed by atoms with Crippen molar-refractivity contribution in [3.63, 3.8) is 0 Å². The molecule has 5 nitrogen and oxygen atoms in total. The average Bonchev–Trinajstić information content (AvgIpc) is 3.14. The first-order valence-corrected chi connectivity index (χ1v) is 10.6. The number of benzene rings is 2. The summed E-state index contributed by atoms with van der Waals surface area (Å²) in [4.78, 5) is 19.0. The lowest BCUT2D eigenvalue weighted by Crippen LogP contribution is -2.27. The van der Waals surface area contributed by atoms with E-state index in [0.29, 0.717) is 17.9 Å². The Morgan fingerprint density at radius 2 is 1.90 bits per heavy atom. The molecule has 0 bridgehead atoms. The van der Waals surface area contributed by atoms with Crippen molar-refractivity contribution in [2.24, 2.45) is 17.8 Å². The lowest BCUT2D eigenvalue weighted by atomic mass is 10.1. The summed E-state index contributed by atoms with van der Waals surface area (Å²) in [5.41, 5.74) is 2.00. The molecule has 1 aliphatic carbocycles. The average molecular weight is 397 g/mol. The summed E-state index contributed by atoms with van der Waals surface area (Å²) in [5, 5.41) is 6.57. The van der Waals surface area contributed by atoms with Gasteiger partial charge in [-0.15, -0.1) is 0 Å². The highest BCUT2D eigenvalue weighted by molar-refractivity contribution is 5.96. The van der Waals surface area contributed by atoms with Gasteiger partial charge in [0, 0.05) is 42.3 Å². The van der Waals surface area contributed by atoms with Crippen LogP contribution in [0.3, 0.4) is 0 Å². The normalized spacial score (nSPS) is 22.4. The Labute approximate surface area is 174 Å². The van der Waals surface area contributed by atoms with Crippen LogP contribution in [0.25, 0.3) is 21.7 Å². The SMILES string of the molecule is O=C(NCCC1[C@H]2CN(c3cccc4ccccc34)C[C@@H]12)c1cc2ccncc2o1. The smallest absolute Gasteiger partial charge is 0.287 e. The first kappa shape index (κ1) is 17.5. The number of fused-ring (bicyclic) bond motifs is 3. The first-order valence-electron chi connectivity index (χ1n) is 10.6. The number of hydrogen-bond donors (Lipinski definition) is 1. The van der Waals surface area contributed by atoms with Crippen LogP contribution in [0.15, 0.2) is 71.4 Å². The zero-order valence-corrected chi connectivity index (χ0v) is 16.6. The minimum absolute atomic E-state index is 0.144. The van der Waals surface area contributed by atoms with Gasteiger partial charge in [-0.2, -0.15) is 0 Å². The minimum Gasteiger partial charge on any atom is -0.449 e. The molecule has 3 heterocycles. The van der Waals surface area contributed by atoms with E-state index in [-0.39, 0.29) is 5.91 Å². The molecule has 1 amide bonds. The lowest BCUT2D eigenvalue weighted by molar-refractivity contribution is 0.0926. The molecule has 1 aliphatic heterocycles. The molecule has 2 aromatic carbocycles. The fourth-order valence-corrected chi connectivity index (χ4v) is 5.19. The molecule has 2 fully saturated rings. The standard InChI is InChI=1S/C25H23N3O2/c29-25(23-12-17-8-10-26-13-24(17)30-23)27-11-9-19-20-14-28(15-21(19)20)22-7-3-5-16-4-1-2-6-18(16)22/h1-8,10,12-13,19-21H,9,11,14-15H2,(H,27,29)/t19?,20-,21+. The van der Waals surface area contributed by atoms with Crippen LogP contribution in [-0.4, -0.2) is 30.5 Å². The third-order valence-corrected chi connectivity index (χ3v) is 6.79. The van der Waals surface area contributed by atoms with Gasteiger partial charge in [-0.05, 0) is 47.8 Å². The van der Waals surface area contributed by atoms with E-state index in [1.54, 1.807) is 18.5 Å². The van der Waals surface area contributed by atoms with Gasteiger partial charge < -0.3 is 14.6 Å². The van der Waals surface area contributed by atoms with Crippen LogP contribution in [0.1, 0.15) is 17.0 Å². The summed E-state index contributed by atoms with van der Waals surface area (Å²) >= 11 is 0. The predicted octanol–water partition coefficient (Wildman–Crippen LogP) is 4.48. The Morgan fingerprint density at radius 3 is 2.77 bits per heavy atom. The molecule has 30 heavy (non-hydrogen) atoms. The van der Waals surface area contributed by atoms with Crippen molar-refractivity contribution in [3.05, 3.63) is 72.8 Å². The number of aromatic nitrogens is 1. The van der Waals surface area contributed by atoms with Crippen LogP contribution < -0.4 is 10.2 Å². The molecule has 1 N–H and O–H groups in total. The quantitative estimate of drug-likeness (QED) is 0.539. The van der Waals surface area contributed by atoms with Crippen molar-refractivity contribution in [2.75, 3.05) is 24.5 Å². The molecule has 0 spiro atoms. The van der Waals surface area contributed by atoms with Gasteiger partial charge in [-0.1, -0.05) is 36.4 Å². The number of rotatable bonds is 5. The van der Waals surface area contributed by atoms with Crippen molar-refractivity contribution >= 4 is 33.3 Å². The number of hydrogen-bond acceptors (Lipinski definition) is 4. The number of carbonyl (C=O) groups is 1. The topological polar surface area (TPSA) is 58.4 Å². The third-order valence-electron chi connectivity index (χ3n) is 6.79. The number of piperidine rings is 1. The van der Waals surface area contributed by atoms with Crippen LogP contribution in [0.2, 0.25) is 0 Å². The molecule has 1 saturated heterocycles. The van der Waals surface area contributed by atoms with Gasteiger partial charge in [0.05, 0.1) is 6.20 Å². The van der Waals surface area contributed by atoms with E-state index in [9.17, 15) is 4.79 Å². The van der Waals surface area contributed by atoms with Crippen LogP contribution in [-0.2, 0) is 0 Å². The molecular weight excluding hydrogens is 374 g/mol. The summed E-state index contributed by atoms with van der Waals surface area (Å²) in [6.45, 7) is 2.93. The van der Waals surface area contributed by atoms with Gasteiger partial charge in [0.15, 0.2) is 11.3 Å². The predicted molar refractivity (Wildman–Crippen MR) is 118 cm³/mol. The van der Waals surface area contributed by atoms with Gasteiger partial charge in [-0.25, -0.2) is 0 Å². The van der Waals surface area contributed by atoms with Crippen molar-refractivity contribution in [2.45, 2.75) is 6.42 Å². The zero-order valence-electron chi connectivity index (χ0n) is 16.6. The van der Waals surface area contributed by atoms with Crippen LogP contribution in [0, 0.1) is 17.8 Å². The van der Waals surface area contributed by atoms with Gasteiger partial charge in [0.1, 0.15) is 0 Å². The number of furan rings is 1. The Morgan fingerprint density at radius 1 is 1.07 bits per heavy atom. The third kappa shape index (κ3) is 2.93. The maximum Gasteiger partial charge on any atom is 0.287 e. The molecule has 2 aliphatic rings. The van der Waals surface area contributed by atoms with E-state index in [0.717, 1.165) is 42.7 Å². The molecule has 0 radical (unpaired) electrons. The number of nitrogens with zero attached hydrogens (tertiary/aromatic N) is 2. The molecule has 150 valence electrons. The summed E-state index contributed by atoms with van der Waals surface area (Å²) in [7, 11) is 0. The number of anilines is 1. The molecule has 6 rings (SSSR count). The van der Waals surface area contributed by atoms with E-state index in [4.69, 9.17) is 4.42 Å². The molecule has 1 saturated carbocycles. The Kier molecular flexibility index (Phi) is 4.01. The second-order valence-corrected chi connectivity index (χ2v) is 8.46. The monoisotopic (exact) mass is 397 g/mol. The van der Waals surface area contributed by atoms with Gasteiger partial charge in [-0.3, -0.25) is 9.78 Å². The minimum atomic E-state index is -0.144. The molecule has 5 heteroatoms. The Balaban J connectivity index is 1.04. The lowest BCUT2D eigenvalue weighted by Gasteiger charge is -2.23. The number of carbonyl (C=O) groups excluding carboxylic acids is 1. The Bertz CT molecular complexity index is 1200. The molecule has 3 atom stereocenters. The van der Waals surface area contributed by atoms with Gasteiger partial charge in [0.2, 0.25) is 0 Å². The van der Waals surface area contributed by atoms with E-state index in [1.807, 2.05) is 6.07 Å². The summed E-state index contributed by atoms with van der Waals surface area (Å²) in [5.74, 6) is 2.43. The van der Waals surface area contributed by atoms with Gasteiger partial charge in [0.25, 0.3) is 5.91 Å². The Hall–Kier alpha value is -3.34. The zero-order chi connectivity index (χ0) is 20.1. The van der Waals surface area contributed by atoms with Gasteiger partial charge >= 0.3 is 0 Å². The highest BCUT2D eigenvalue weighted by Crippen LogP contribution is 2.54. The fraction of sp³-hybridized carbons (Fsp3) is 0.280. The maximum absolute atomic E-state index is 12.4. The van der Waals surface area contributed by atoms with E-state index < -0.39 is 0 Å².